The summed E-state index contributed by atoms with van der Waals surface area (Å²) in [6.07, 6.45) is 10.7. The van der Waals surface area contributed by atoms with Crippen molar-refractivity contribution >= 4 is 50.9 Å². The summed E-state index contributed by atoms with van der Waals surface area (Å²) in [4.78, 5) is 29.6. The van der Waals surface area contributed by atoms with Gasteiger partial charge in [-0.2, -0.15) is 0 Å². The number of aromatic nitrogens is 2. The van der Waals surface area contributed by atoms with Gasteiger partial charge in [-0.1, -0.05) is 78.8 Å². The van der Waals surface area contributed by atoms with Crippen LogP contribution in [0.3, 0.4) is 0 Å². The van der Waals surface area contributed by atoms with Crippen LogP contribution in [0, 0.1) is 11.3 Å². The fraction of sp³-hybridized carbons (Fsp3) is 0.462. The van der Waals surface area contributed by atoms with Crippen LogP contribution in [0.4, 0.5) is 28.4 Å². The molecule has 0 spiro atoms. The van der Waals surface area contributed by atoms with Gasteiger partial charge in [0.05, 0.1) is 34.1 Å². The Morgan fingerprint density at radius 3 is 1.81 bits per heavy atom. The summed E-state index contributed by atoms with van der Waals surface area (Å²) in [5.41, 5.74) is 29.1. The van der Waals surface area contributed by atoms with Gasteiger partial charge in [0.1, 0.15) is 28.8 Å². The van der Waals surface area contributed by atoms with E-state index in [9.17, 15) is 0 Å². The lowest BCUT2D eigenvalue weighted by Crippen LogP contribution is -2.49. The monoisotopic (exact) mass is 926 g/mol. The molecule has 0 saturated carbocycles. The summed E-state index contributed by atoms with van der Waals surface area (Å²) in [5.74, 6) is 0.833. The molecular formula is C52H75N15O. The smallest absolute Gasteiger partial charge is 0.160 e. The molecule has 0 unspecified atom stereocenters. The molecule has 3 fully saturated rings. The maximum atomic E-state index is 6.05. The van der Waals surface area contributed by atoms with E-state index in [2.05, 4.69) is 155 Å². The van der Waals surface area contributed by atoms with Crippen molar-refractivity contribution in [1.29, 1.82) is 0 Å². The molecule has 0 amide bonds. The lowest BCUT2D eigenvalue weighted by atomic mass is 9.91. The topological polar surface area (TPSA) is 195 Å². The van der Waals surface area contributed by atoms with Crippen molar-refractivity contribution < 1.29 is 4.63 Å². The zero-order chi connectivity index (χ0) is 48.8. The molecule has 16 nitrogen and oxygen atoms in total. The second-order valence-electron chi connectivity index (χ2n) is 18.2. The van der Waals surface area contributed by atoms with Gasteiger partial charge in [-0.3, -0.25) is 20.0 Å². The third-order valence-electron chi connectivity index (χ3n) is 12.2. The number of hydrogen-bond donors (Lipinski definition) is 4. The number of fused-ring (bicyclic) bond motifs is 2. The Balaban J connectivity index is 0.000000161. The van der Waals surface area contributed by atoms with Gasteiger partial charge in [-0.25, -0.2) is 4.63 Å². The van der Waals surface area contributed by atoms with Crippen LogP contribution >= 0.6 is 0 Å². The van der Waals surface area contributed by atoms with E-state index in [1.165, 1.54) is 11.4 Å². The van der Waals surface area contributed by atoms with Gasteiger partial charge in [-0.05, 0) is 70.9 Å². The average Bonchev–Trinajstić information content (AvgIpc) is 4.15. The number of benzene rings is 3. The molecule has 3 saturated heterocycles. The highest BCUT2D eigenvalue weighted by Gasteiger charge is 2.32. The number of anilines is 5. The second kappa shape index (κ2) is 23.9. The molecule has 7 N–H and O–H groups in total. The van der Waals surface area contributed by atoms with Gasteiger partial charge < -0.3 is 47.0 Å². The first kappa shape index (κ1) is 50.7. The Hall–Kier alpha value is -6.68. The summed E-state index contributed by atoms with van der Waals surface area (Å²) in [6.45, 7) is 27.4. The Labute approximate surface area is 403 Å². The number of hydrogen-bond acceptors (Lipinski definition) is 16. The number of rotatable bonds is 5. The Bertz CT molecular complexity index is 2600. The largest absolute Gasteiger partial charge is 0.397 e. The van der Waals surface area contributed by atoms with Gasteiger partial charge in [0.25, 0.3) is 0 Å². The fourth-order valence-corrected chi connectivity index (χ4v) is 8.89. The molecule has 10 rings (SSSR count). The van der Waals surface area contributed by atoms with Crippen molar-refractivity contribution in [3.63, 3.8) is 0 Å². The maximum Gasteiger partial charge on any atom is 0.160 e. The molecule has 1 aromatic heterocycles. The predicted molar refractivity (Wildman–Crippen MR) is 283 cm³/mol. The molecule has 0 bridgehead atoms. The van der Waals surface area contributed by atoms with Crippen LogP contribution in [0.2, 0.25) is 0 Å². The minimum atomic E-state index is 0.140. The summed E-state index contributed by atoms with van der Waals surface area (Å²) in [6, 6.07) is 18.4. The van der Waals surface area contributed by atoms with Gasteiger partial charge in [0.2, 0.25) is 0 Å². The molecule has 0 atom stereocenters. The SMILES string of the molecule is CC.CC(C)C.CN=C1C(N)=CC=C(N2CCN(C3=CC=CC3(C)C)CC2)C1=NC.Nc1ccc(N2CCN(c3ccccc3)CC2)c2c1=NCN=2.Nc1ccc(N2CCNCC2)c2nonc12. The number of nitrogens with two attached hydrogens (primary N) is 3. The molecule has 0 radical (unpaired) electrons. The molecule has 2 aliphatic carbocycles. The van der Waals surface area contributed by atoms with E-state index < -0.39 is 0 Å². The van der Waals surface area contributed by atoms with E-state index in [4.69, 9.17) is 21.8 Å². The van der Waals surface area contributed by atoms with Crippen molar-refractivity contribution in [3.05, 3.63) is 113 Å². The lowest BCUT2D eigenvalue weighted by molar-refractivity contribution is 0.178. The van der Waals surface area contributed by atoms with Crippen molar-refractivity contribution in [1.82, 2.24) is 25.4 Å². The fourth-order valence-electron chi connectivity index (χ4n) is 8.89. The number of allylic oxidation sites excluding steroid dienone is 7. The maximum absolute atomic E-state index is 6.05. The zero-order valence-electron chi connectivity index (χ0n) is 41.9. The van der Waals surface area contributed by atoms with E-state index in [-0.39, 0.29) is 5.41 Å². The standard InChI is InChI=1S/C19H27N5.C17H19N5.C10H13N5O.C4H10.C2H6/c1-19(2)9-5-6-16(19)24-12-10-23(11-13-24)15-8-7-14(20)17(21-3)18(15)22-4;18-14-6-7-15(17-16(14)19-12-20-17)22-10-8-21(9-11-22)13-4-2-1-3-5-13;11-7-1-2-8(10-9(7)13-16-14-10)15-5-3-12-4-6-15;1-4(2)3;1-2/h5-9H,10-13,20H2,1-4H3;1-7H,8-12,18H2;1-2,12H,3-6,11H2;4H,1-3H3;1-2H3. The van der Waals surface area contributed by atoms with Crippen molar-refractivity contribution in [2.75, 3.05) is 125 Å². The number of para-hydroxylation sites is 1. The van der Waals surface area contributed by atoms with Gasteiger partial charge in [-0.15, -0.1) is 0 Å². The number of aliphatic imine (C=N–C) groups is 2. The minimum absolute atomic E-state index is 0.140. The summed E-state index contributed by atoms with van der Waals surface area (Å²) < 4.78 is 4.75. The average molecular weight is 926 g/mol. The van der Waals surface area contributed by atoms with Crippen LogP contribution in [0.25, 0.3) is 11.0 Å². The second-order valence-corrected chi connectivity index (χ2v) is 18.2. The van der Waals surface area contributed by atoms with Crippen molar-refractivity contribution in [2.24, 2.45) is 37.0 Å². The lowest BCUT2D eigenvalue weighted by Gasteiger charge is -2.42. The molecule has 6 aliphatic rings. The Morgan fingerprint density at radius 1 is 0.618 bits per heavy atom. The number of nitrogen functional groups attached to an aromatic ring is 2. The van der Waals surface area contributed by atoms with Gasteiger partial charge >= 0.3 is 0 Å². The molecule has 68 heavy (non-hydrogen) atoms. The third-order valence-corrected chi connectivity index (χ3v) is 12.2. The van der Waals surface area contributed by atoms with Crippen molar-refractivity contribution in [3.8, 4) is 0 Å². The quantitative estimate of drug-likeness (QED) is 0.142. The number of nitrogens with one attached hydrogen (secondary N) is 1. The van der Waals surface area contributed by atoms with Gasteiger partial charge in [0.15, 0.2) is 11.0 Å². The highest BCUT2D eigenvalue weighted by atomic mass is 16.6. The van der Waals surface area contributed by atoms with E-state index in [0.29, 0.717) is 23.6 Å². The Morgan fingerprint density at radius 2 is 1.18 bits per heavy atom. The molecule has 3 aromatic carbocycles. The summed E-state index contributed by atoms with van der Waals surface area (Å²) in [5, 5.41) is 12.9. The third kappa shape index (κ3) is 12.1. The van der Waals surface area contributed by atoms with Crippen LogP contribution in [0.15, 0.2) is 127 Å². The molecule has 4 aliphatic heterocycles. The molecule has 16 heteroatoms. The van der Waals surface area contributed by atoms with E-state index >= 15 is 0 Å². The summed E-state index contributed by atoms with van der Waals surface area (Å²) in [7, 11) is 3.57. The molecular weight excluding hydrogens is 851 g/mol. The first-order valence-corrected chi connectivity index (χ1v) is 24.2. The predicted octanol–water partition coefficient (Wildman–Crippen LogP) is 5.67. The van der Waals surface area contributed by atoms with Crippen LogP contribution in [-0.2, 0) is 0 Å². The van der Waals surface area contributed by atoms with Crippen LogP contribution < -0.4 is 47.9 Å². The molecule has 4 aromatic rings. The van der Waals surface area contributed by atoms with Crippen LogP contribution in [0.5, 0.6) is 0 Å². The van der Waals surface area contributed by atoms with Crippen LogP contribution in [0.1, 0.15) is 48.5 Å². The normalized spacial score (nSPS) is 19.5. The van der Waals surface area contributed by atoms with Crippen molar-refractivity contribution in [2.45, 2.75) is 48.5 Å². The van der Waals surface area contributed by atoms with Crippen LogP contribution in [-0.4, -0.2) is 131 Å². The molecule has 5 heterocycles. The first-order chi connectivity index (χ1) is 32.9. The number of nitrogens with zero attached hydrogens (tertiary/aromatic N) is 11. The van der Waals surface area contributed by atoms with E-state index in [1.807, 2.05) is 38.1 Å². The summed E-state index contributed by atoms with van der Waals surface area (Å²) >= 11 is 0. The van der Waals surface area contributed by atoms with E-state index in [0.717, 1.165) is 135 Å². The van der Waals surface area contributed by atoms with E-state index in [1.54, 1.807) is 14.1 Å². The zero-order valence-corrected chi connectivity index (χ0v) is 41.9. The van der Waals surface area contributed by atoms with Gasteiger partial charge in [0, 0.05) is 109 Å². The molecule has 364 valence electrons. The Kier molecular flexibility index (Phi) is 17.8. The highest BCUT2D eigenvalue weighted by molar-refractivity contribution is 6.54. The highest BCUT2D eigenvalue weighted by Crippen LogP contribution is 2.36. The number of piperazine rings is 3. The first-order valence-electron chi connectivity index (χ1n) is 24.2. The minimum Gasteiger partial charge on any atom is -0.397 e.